The number of benzene rings is 3. The molecule has 3 aromatic carbocycles. The Labute approximate surface area is 191 Å². The number of nitrogens with zero attached hydrogens (tertiary/aromatic N) is 2. The third-order valence-corrected chi connectivity index (χ3v) is 7.29. The zero-order valence-corrected chi connectivity index (χ0v) is 18.3. The fraction of sp³-hybridized carbons (Fsp3) is 0. The number of aromatic nitrogens is 2. The zero-order valence-electron chi connectivity index (χ0n) is 16.6. The first kappa shape index (κ1) is 22.4. The lowest BCUT2D eigenvalue weighted by Crippen LogP contribution is -2.15. The van der Waals surface area contributed by atoms with E-state index in [1.807, 2.05) is 12.1 Å². The molecule has 0 saturated heterocycles. The number of H-pyrrole nitrogens is 1. The molecule has 0 spiro atoms. The molecule has 8 nitrogen and oxygen atoms in total. The standard InChI is InChI=1S/C22H14FN3O5S2/c23-14-5-9-16(10-6-14)32-21-4-2-1-3-18(21)19-13-20(25-24-19)22(27)33(30,31)17-11-7-15(8-12-17)26(28)29/h1-13H,(H,24,25). The molecule has 166 valence electrons. The van der Waals surface area contributed by atoms with Crippen LogP contribution in [0, 0.1) is 15.9 Å². The van der Waals surface area contributed by atoms with Gasteiger partial charge in [0.15, 0.2) is 0 Å². The van der Waals surface area contributed by atoms with Gasteiger partial charge in [0.2, 0.25) is 9.84 Å². The van der Waals surface area contributed by atoms with Gasteiger partial charge in [-0.2, -0.15) is 5.10 Å². The molecule has 0 fully saturated rings. The van der Waals surface area contributed by atoms with E-state index >= 15 is 0 Å². The average molecular weight is 484 g/mol. The van der Waals surface area contributed by atoms with Crippen LogP contribution in [0.1, 0.15) is 10.5 Å². The molecule has 1 heterocycles. The SMILES string of the molecule is O=C(c1cc(-c2ccccc2Sc2ccc(F)cc2)n[nH]1)S(=O)(=O)c1ccc([N+](=O)[O-])cc1. The number of rotatable bonds is 6. The van der Waals surface area contributed by atoms with Gasteiger partial charge in [0.25, 0.3) is 10.8 Å². The Kier molecular flexibility index (Phi) is 6.07. The number of nitrogens with one attached hydrogen (secondary N) is 1. The molecule has 0 aliphatic heterocycles. The van der Waals surface area contributed by atoms with Crippen molar-refractivity contribution >= 4 is 32.4 Å². The van der Waals surface area contributed by atoms with Crippen molar-refractivity contribution in [1.29, 1.82) is 0 Å². The number of non-ortho nitro benzene ring substituents is 1. The van der Waals surface area contributed by atoms with Crippen LogP contribution in [-0.2, 0) is 9.84 Å². The second-order valence-corrected chi connectivity index (χ2v) is 9.73. The number of hydrogen-bond acceptors (Lipinski definition) is 7. The highest BCUT2D eigenvalue weighted by atomic mass is 32.2. The Morgan fingerprint density at radius 2 is 1.67 bits per heavy atom. The summed E-state index contributed by atoms with van der Waals surface area (Å²) in [6.45, 7) is 0. The molecule has 0 aliphatic rings. The fourth-order valence-corrected chi connectivity index (χ4v) is 5.02. The zero-order chi connectivity index (χ0) is 23.6. The van der Waals surface area contributed by atoms with Crippen molar-refractivity contribution < 1.29 is 22.5 Å². The van der Waals surface area contributed by atoms with E-state index in [0.29, 0.717) is 11.3 Å². The summed E-state index contributed by atoms with van der Waals surface area (Å²) in [5.41, 5.74) is 0.461. The molecule has 4 aromatic rings. The second-order valence-electron chi connectivity index (χ2n) is 6.76. The van der Waals surface area contributed by atoms with Crippen molar-refractivity contribution in [3.63, 3.8) is 0 Å². The van der Waals surface area contributed by atoms with Crippen molar-refractivity contribution in [2.75, 3.05) is 0 Å². The van der Waals surface area contributed by atoms with Crippen molar-refractivity contribution in [2.45, 2.75) is 14.7 Å². The van der Waals surface area contributed by atoms with Crippen LogP contribution in [0.15, 0.2) is 93.5 Å². The van der Waals surface area contributed by atoms with Crippen LogP contribution in [-0.4, -0.2) is 28.7 Å². The Morgan fingerprint density at radius 1 is 1.00 bits per heavy atom. The van der Waals surface area contributed by atoms with Crippen LogP contribution in [0.2, 0.25) is 0 Å². The quantitative estimate of drug-likeness (QED) is 0.306. The van der Waals surface area contributed by atoms with Gasteiger partial charge in [0, 0.05) is 27.5 Å². The average Bonchev–Trinajstić information content (AvgIpc) is 3.30. The topological polar surface area (TPSA) is 123 Å². The number of aromatic amines is 1. The minimum atomic E-state index is -4.44. The molecule has 1 N–H and O–H groups in total. The van der Waals surface area contributed by atoms with E-state index < -0.39 is 19.9 Å². The highest BCUT2D eigenvalue weighted by molar-refractivity contribution is 8.06. The Morgan fingerprint density at radius 3 is 2.33 bits per heavy atom. The summed E-state index contributed by atoms with van der Waals surface area (Å²) in [6.07, 6.45) is 0. The summed E-state index contributed by atoms with van der Waals surface area (Å²) in [5.74, 6) is -0.350. The van der Waals surface area contributed by atoms with Crippen molar-refractivity contribution in [3.8, 4) is 11.3 Å². The van der Waals surface area contributed by atoms with Crippen molar-refractivity contribution in [1.82, 2.24) is 10.2 Å². The molecule has 0 bridgehead atoms. The fourth-order valence-electron chi connectivity index (χ4n) is 2.96. The molecule has 0 amide bonds. The molecular weight excluding hydrogens is 469 g/mol. The predicted octanol–water partition coefficient (Wildman–Crippen LogP) is 4.89. The van der Waals surface area contributed by atoms with E-state index in [2.05, 4.69) is 10.2 Å². The maximum absolute atomic E-state index is 13.2. The summed E-state index contributed by atoms with van der Waals surface area (Å²) in [6, 6.07) is 18.5. The van der Waals surface area contributed by atoms with Crippen LogP contribution in [0.4, 0.5) is 10.1 Å². The molecule has 0 saturated carbocycles. The van der Waals surface area contributed by atoms with E-state index in [0.717, 1.165) is 34.1 Å². The van der Waals surface area contributed by atoms with Gasteiger partial charge in [0.05, 0.1) is 15.5 Å². The largest absolute Gasteiger partial charge is 0.299 e. The molecule has 11 heteroatoms. The molecule has 0 unspecified atom stereocenters. The Hall–Kier alpha value is -3.83. The van der Waals surface area contributed by atoms with Gasteiger partial charge in [0.1, 0.15) is 11.5 Å². The van der Waals surface area contributed by atoms with Gasteiger partial charge in [-0.3, -0.25) is 20.0 Å². The van der Waals surface area contributed by atoms with Gasteiger partial charge in [-0.1, -0.05) is 30.0 Å². The molecular formula is C22H14FN3O5S2. The number of nitro groups is 1. The maximum Gasteiger partial charge on any atom is 0.299 e. The third kappa shape index (κ3) is 4.69. The van der Waals surface area contributed by atoms with Crippen LogP contribution >= 0.6 is 11.8 Å². The predicted molar refractivity (Wildman–Crippen MR) is 119 cm³/mol. The minimum absolute atomic E-state index is 0.245. The summed E-state index contributed by atoms with van der Waals surface area (Å²) in [4.78, 5) is 24.0. The van der Waals surface area contributed by atoms with Gasteiger partial charge in [-0.15, -0.1) is 0 Å². The second kappa shape index (κ2) is 8.96. The van der Waals surface area contributed by atoms with Crippen molar-refractivity contribution in [3.05, 3.63) is 100 Å². The first-order valence-corrected chi connectivity index (χ1v) is 11.7. The van der Waals surface area contributed by atoms with Crippen LogP contribution in [0.25, 0.3) is 11.3 Å². The molecule has 0 aliphatic carbocycles. The highest BCUT2D eigenvalue weighted by Gasteiger charge is 2.29. The summed E-state index contributed by atoms with van der Waals surface area (Å²) < 4.78 is 38.6. The Bertz CT molecular complexity index is 1450. The number of carbonyl (C=O) groups excluding carboxylic acids is 1. The van der Waals surface area contributed by atoms with Crippen LogP contribution in [0.5, 0.6) is 0 Å². The lowest BCUT2D eigenvalue weighted by Gasteiger charge is -2.07. The molecule has 0 atom stereocenters. The summed E-state index contributed by atoms with van der Waals surface area (Å²) in [7, 11) is -4.44. The van der Waals surface area contributed by atoms with Crippen LogP contribution in [0.3, 0.4) is 0 Å². The number of halogens is 1. The first-order valence-electron chi connectivity index (χ1n) is 9.38. The lowest BCUT2D eigenvalue weighted by molar-refractivity contribution is -0.384. The summed E-state index contributed by atoms with van der Waals surface area (Å²) >= 11 is 1.36. The maximum atomic E-state index is 13.2. The molecule has 1 aromatic heterocycles. The number of hydrogen-bond donors (Lipinski definition) is 1. The number of carbonyl (C=O) groups is 1. The number of sulfone groups is 1. The molecule has 4 rings (SSSR count). The van der Waals surface area contributed by atoms with Gasteiger partial charge in [-0.25, -0.2) is 12.8 Å². The minimum Gasteiger partial charge on any atom is -0.274 e. The van der Waals surface area contributed by atoms with E-state index in [1.165, 1.54) is 30.0 Å². The van der Waals surface area contributed by atoms with E-state index in [4.69, 9.17) is 0 Å². The Balaban J connectivity index is 1.62. The molecule has 33 heavy (non-hydrogen) atoms. The van der Waals surface area contributed by atoms with E-state index in [1.54, 1.807) is 24.3 Å². The third-order valence-electron chi connectivity index (χ3n) is 4.60. The summed E-state index contributed by atoms with van der Waals surface area (Å²) in [5, 5.41) is 16.1. The van der Waals surface area contributed by atoms with E-state index in [-0.39, 0.29) is 22.1 Å². The number of nitro benzene ring substituents is 1. The van der Waals surface area contributed by atoms with E-state index in [9.17, 15) is 27.7 Å². The lowest BCUT2D eigenvalue weighted by atomic mass is 10.1. The van der Waals surface area contributed by atoms with Crippen LogP contribution < -0.4 is 0 Å². The monoisotopic (exact) mass is 483 g/mol. The van der Waals surface area contributed by atoms with Gasteiger partial charge >= 0.3 is 0 Å². The van der Waals surface area contributed by atoms with Gasteiger partial charge < -0.3 is 0 Å². The van der Waals surface area contributed by atoms with Gasteiger partial charge in [-0.05, 0) is 48.5 Å². The first-order chi connectivity index (χ1) is 15.8. The highest BCUT2D eigenvalue weighted by Crippen LogP contribution is 2.35. The van der Waals surface area contributed by atoms with Crippen molar-refractivity contribution in [2.24, 2.45) is 0 Å². The molecule has 0 radical (unpaired) electrons. The smallest absolute Gasteiger partial charge is 0.274 e. The normalized spacial score (nSPS) is 11.3.